The van der Waals surface area contributed by atoms with E-state index < -0.39 is 23.7 Å². The number of carbonyl (C=O) groups is 2. The molecule has 2 amide bonds. The maximum absolute atomic E-state index is 13.5. The third kappa shape index (κ3) is 4.79. The van der Waals surface area contributed by atoms with Gasteiger partial charge in [0.1, 0.15) is 11.9 Å². The summed E-state index contributed by atoms with van der Waals surface area (Å²) < 4.78 is 13.5. The molecule has 2 aromatic heterocycles. The van der Waals surface area contributed by atoms with Crippen molar-refractivity contribution in [3.05, 3.63) is 73.9 Å². The number of rotatable bonds is 5. The molecule has 1 unspecified atom stereocenters. The van der Waals surface area contributed by atoms with Gasteiger partial charge < -0.3 is 15.7 Å². The molecule has 0 aliphatic carbocycles. The van der Waals surface area contributed by atoms with Crippen LogP contribution in [0.25, 0.3) is 0 Å². The van der Waals surface area contributed by atoms with Crippen LogP contribution in [0.3, 0.4) is 0 Å². The molecule has 0 radical (unpaired) electrons. The van der Waals surface area contributed by atoms with E-state index in [1.165, 1.54) is 34.8 Å². The van der Waals surface area contributed by atoms with Crippen molar-refractivity contribution in [2.45, 2.75) is 19.6 Å². The van der Waals surface area contributed by atoms with E-state index in [9.17, 15) is 19.1 Å². The van der Waals surface area contributed by atoms with Gasteiger partial charge in [-0.25, -0.2) is 4.39 Å². The van der Waals surface area contributed by atoms with Crippen LogP contribution in [-0.4, -0.2) is 16.9 Å². The van der Waals surface area contributed by atoms with Gasteiger partial charge in [-0.1, -0.05) is 6.07 Å². The molecule has 3 N–H and O–H groups in total. The van der Waals surface area contributed by atoms with Gasteiger partial charge in [0.2, 0.25) is 0 Å². The minimum atomic E-state index is -0.867. The van der Waals surface area contributed by atoms with E-state index in [1.807, 2.05) is 16.8 Å². The standard InChI is InChI=1S/C19H17FN2O3S2/c1-11-2-3-13(8-15(11)20)22-19(25)18(24)21-9-14-4-5-16(27-14)17(23)12-6-7-26-10-12/h2-8,10,17,23H,9H2,1H3,(H,21,24)(H,22,25). The van der Waals surface area contributed by atoms with Crippen LogP contribution in [0.2, 0.25) is 0 Å². The first kappa shape index (κ1) is 19.2. The van der Waals surface area contributed by atoms with Crippen LogP contribution in [0.1, 0.15) is 27.0 Å². The molecule has 0 bridgehead atoms. The highest BCUT2D eigenvalue weighted by molar-refractivity contribution is 7.12. The van der Waals surface area contributed by atoms with Crippen LogP contribution in [0.15, 0.2) is 47.2 Å². The molecule has 0 fully saturated rings. The smallest absolute Gasteiger partial charge is 0.313 e. The van der Waals surface area contributed by atoms with Gasteiger partial charge in [0.25, 0.3) is 0 Å². The Labute approximate surface area is 163 Å². The van der Waals surface area contributed by atoms with Crippen LogP contribution >= 0.6 is 22.7 Å². The van der Waals surface area contributed by atoms with Crippen molar-refractivity contribution >= 4 is 40.2 Å². The van der Waals surface area contributed by atoms with E-state index in [2.05, 4.69) is 10.6 Å². The lowest BCUT2D eigenvalue weighted by molar-refractivity contribution is -0.136. The zero-order chi connectivity index (χ0) is 19.4. The molecule has 27 heavy (non-hydrogen) atoms. The van der Waals surface area contributed by atoms with E-state index in [0.717, 1.165) is 21.4 Å². The van der Waals surface area contributed by atoms with Crippen LogP contribution < -0.4 is 10.6 Å². The molecule has 1 atom stereocenters. The summed E-state index contributed by atoms with van der Waals surface area (Å²) in [5, 5.41) is 19.0. The fourth-order valence-corrected chi connectivity index (χ4v) is 3.98. The molecular weight excluding hydrogens is 387 g/mol. The largest absolute Gasteiger partial charge is 0.383 e. The number of benzene rings is 1. The van der Waals surface area contributed by atoms with Crippen molar-refractivity contribution in [1.29, 1.82) is 0 Å². The lowest BCUT2D eigenvalue weighted by atomic mass is 10.2. The predicted molar refractivity (Wildman–Crippen MR) is 104 cm³/mol. The minimum Gasteiger partial charge on any atom is -0.383 e. The first-order chi connectivity index (χ1) is 12.9. The third-order valence-corrected chi connectivity index (χ3v) is 5.71. The molecule has 0 spiro atoms. The molecule has 8 heteroatoms. The number of nitrogens with one attached hydrogen (secondary N) is 2. The van der Waals surface area contributed by atoms with E-state index in [0.29, 0.717) is 5.56 Å². The highest BCUT2D eigenvalue weighted by atomic mass is 32.1. The Morgan fingerprint density at radius 2 is 2.00 bits per heavy atom. The summed E-state index contributed by atoms with van der Waals surface area (Å²) in [6, 6.07) is 9.66. The highest BCUT2D eigenvalue weighted by Crippen LogP contribution is 2.29. The Balaban J connectivity index is 1.54. The van der Waals surface area contributed by atoms with Crippen LogP contribution in [0.5, 0.6) is 0 Å². The van der Waals surface area contributed by atoms with Crippen molar-refractivity contribution in [1.82, 2.24) is 5.32 Å². The number of carbonyl (C=O) groups excluding carboxylic acids is 2. The summed E-state index contributed by atoms with van der Waals surface area (Å²) in [5.41, 5.74) is 1.49. The monoisotopic (exact) mass is 404 g/mol. The number of aryl methyl sites for hydroxylation is 1. The lowest BCUT2D eigenvalue weighted by Crippen LogP contribution is -2.34. The van der Waals surface area contributed by atoms with Gasteiger partial charge >= 0.3 is 11.8 Å². The second-order valence-electron chi connectivity index (χ2n) is 5.86. The predicted octanol–water partition coefficient (Wildman–Crippen LogP) is 3.59. The SMILES string of the molecule is Cc1ccc(NC(=O)C(=O)NCc2ccc(C(O)c3ccsc3)s2)cc1F. The van der Waals surface area contributed by atoms with Crippen LogP contribution in [0, 0.1) is 12.7 Å². The quantitative estimate of drug-likeness (QED) is 0.569. The number of aliphatic hydroxyl groups is 1. The molecule has 2 heterocycles. The Bertz CT molecular complexity index is 954. The number of amides is 2. The first-order valence-electron chi connectivity index (χ1n) is 8.08. The Morgan fingerprint density at radius 3 is 2.70 bits per heavy atom. The maximum Gasteiger partial charge on any atom is 0.313 e. The average Bonchev–Trinajstić information content (AvgIpc) is 3.34. The van der Waals surface area contributed by atoms with Gasteiger partial charge in [-0.15, -0.1) is 11.3 Å². The topological polar surface area (TPSA) is 78.4 Å². The van der Waals surface area contributed by atoms with Crippen molar-refractivity contribution in [2.75, 3.05) is 5.32 Å². The molecule has 140 valence electrons. The van der Waals surface area contributed by atoms with Gasteiger partial charge in [-0.3, -0.25) is 9.59 Å². The average molecular weight is 404 g/mol. The molecular formula is C19H17FN2O3S2. The molecule has 0 aliphatic rings. The van der Waals surface area contributed by atoms with Crippen molar-refractivity contribution in [3.63, 3.8) is 0 Å². The molecule has 0 aliphatic heterocycles. The molecule has 0 saturated heterocycles. The zero-order valence-corrected chi connectivity index (χ0v) is 16.0. The summed E-state index contributed by atoms with van der Waals surface area (Å²) in [6.07, 6.45) is -0.703. The molecule has 5 nitrogen and oxygen atoms in total. The van der Waals surface area contributed by atoms with Crippen molar-refractivity contribution < 1.29 is 19.1 Å². The first-order valence-corrected chi connectivity index (χ1v) is 9.84. The Hall–Kier alpha value is -2.55. The number of thiophene rings is 2. The number of hydrogen-bond donors (Lipinski definition) is 3. The lowest BCUT2D eigenvalue weighted by Gasteiger charge is -2.07. The summed E-state index contributed by atoms with van der Waals surface area (Å²) >= 11 is 2.87. The van der Waals surface area contributed by atoms with E-state index in [4.69, 9.17) is 0 Å². The molecule has 0 saturated carbocycles. The fraction of sp³-hybridized carbons (Fsp3) is 0.158. The summed E-state index contributed by atoms with van der Waals surface area (Å²) in [4.78, 5) is 25.4. The number of aliphatic hydroxyl groups excluding tert-OH is 1. The highest BCUT2D eigenvalue weighted by Gasteiger charge is 2.16. The van der Waals surface area contributed by atoms with E-state index in [1.54, 1.807) is 19.1 Å². The van der Waals surface area contributed by atoms with Crippen molar-refractivity contribution in [3.8, 4) is 0 Å². The Morgan fingerprint density at radius 1 is 1.19 bits per heavy atom. The van der Waals surface area contributed by atoms with Crippen LogP contribution in [-0.2, 0) is 16.1 Å². The number of halogens is 1. The van der Waals surface area contributed by atoms with Gasteiger partial charge in [0.05, 0.1) is 6.54 Å². The second-order valence-corrected chi connectivity index (χ2v) is 7.84. The third-order valence-electron chi connectivity index (χ3n) is 3.87. The molecule has 1 aromatic carbocycles. The maximum atomic E-state index is 13.5. The van der Waals surface area contributed by atoms with Gasteiger partial charge in [0, 0.05) is 15.4 Å². The summed E-state index contributed by atoms with van der Waals surface area (Å²) in [5.74, 6) is -2.14. The minimum absolute atomic E-state index is 0.162. The zero-order valence-electron chi connectivity index (χ0n) is 14.4. The van der Waals surface area contributed by atoms with Crippen LogP contribution in [0.4, 0.5) is 10.1 Å². The number of anilines is 1. The van der Waals surface area contributed by atoms with Gasteiger partial charge in [-0.05, 0) is 59.1 Å². The molecule has 3 rings (SSSR count). The van der Waals surface area contributed by atoms with E-state index in [-0.39, 0.29) is 12.2 Å². The normalized spacial score (nSPS) is 11.8. The van der Waals surface area contributed by atoms with Gasteiger partial charge in [-0.2, -0.15) is 11.3 Å². The fourth-order valence-electron chi connectivity index (χ4n) is 2.34. The Kier molecular flexibility index (Phi) is 6.00. The summed E-state index contributed by atoms with van der Waals surface area (Å²) in [6.45, 7) is 1.77. The van der Waals surface area contributed by atoms with Gasteiger partial charge in [0.15, 0.2) is 0 Å². The molecule has 3 aromatic rings. The van der Waals surface area contributed by atoms with E-state index >= 15 is 0 Å². The second kappa shape index (κ2) is 8.43. The van der Waals surface area contributed by atoms with Crippen molar-refractivity contribution in [2.24, 2.45) is 0 Å². The summed E-state index contributed by atoms with van der Waals surface area (Å²) in [7, 11) is 0. The number of hydrogen-bond acceptors (Lipinski definition) is 5.